The highest BCUT2D eigenvalue weighted by atomic mass is 32.1. The molecule has 3 nitrogen and oxygen atoms in total. The van der Waals surface area contributed by atoms with E-state index in [-0.39, 0.29) is 0 Å². The first kappa shape index (κ1) is 18.0. The largest absolute Gasteiger partial charge is 0.362 e. The van der Waals surface area contributed by atoms with Crippen LogP contribution < -0.4 is 10.6 Å². The maximum Gasteiger partial charge on any atom is 0.166 e. The number of hydrogen-bond acceptors (Lipinski definition) is 1. The van der Waals surface area contributed by atoms with Gasteiger partial charge < -0.3 is 15.6 Å². The van der Waals surface area contributed by atoms with Crippen LogP contribution in [0.4, 0.5) is 0 Å². The van der Waals surface area contributed by atoms with E-state index in [2.05, 4.69) is 59.6 Å². The number of aromatic amines is 1. The van der Waals surface area contributed by atoms with E-state index in [0.717, 1.165) is 31.6 Å². The summed E-state index contributed by atoms with van der Waals surface area (Å²) in [6.45, 7) is 7.49. The lowest BCUT2D eigenvalue weighted by Crippen LogP contribution is -2.37. The van der Waals surface area contributed by atoms with Crippen molar-refractivity contribution in [1.82, 2.24) is 15.6 Å². The van der Waals surface area contributed by atoms with Crippen LogP contribution in [0.1, 0.15) is 22.4 Å². The van der Waals surface area contributed by atoms with Gasteiger partial charge in [0.15, 0.2) is 5.11 Å². The minimum atomic E-state index is 0.714. The fourth-order valence-corrected chi connectivity index (χ4v) is 2.69. The second kappa shape index (κ2) is 9.73. The molecule has 3 N–H and O–H groups in total. The van der Waals surface area contributed by atoms with Crippen molar-refractivity contribution >= 4 is 23.4 Å². The van der Waals surface area contributed by atoms with Crippen molar-refractivity contribution in [2.24, 2.45) is 0 Å². The second-order valence-electron chi connectivity index (χ2n) is 5.62. The fourth-order valence-electron chi connectivity index (χ4n) is 2.49. The van der Waals surface area contributed by atoms with Gasteiger partial charge in [0.2, 0.25) is 0 Å². The molecule has 0 atom stereocenters. The normalized spacial score (nSPS) is 10.7. The molecule has 1 heterocycles. The lowest BCUT2D eigenvalue weighted by molar-refractivity contribution is 0.801. The Bertz CT molecular complexity index is 686. The molecule has 0 bridgehead atoms. The van der Waals surface area contributed by atoms with E-state index in [9.17, 15) is 0 Å². The van der Waals surface area contributed by atoms with Gasteiger partial charge in [-0.15, -0.1) is 0 Å². The van der Waals surface area contributed by atoms with E-state index in [1.54, 1.807) is 6.08 Å². The monoisotopic (exact) mass is 339 g/mol. The van der Waals surface area contributed by atoms with Crippen LogP contribution in [0.2, 0.25) is 0 Å². The van der Waals surface area contributed by atoms with Crippen molar-refractivity contribution in [3.8, 4) is 0 Å². The minimum Gasteiger partial charge on any atom is -0.362 e. The number of nitrogens with one attached hydrogen (secondary N) is 3. The number of hydrogen-bond donors (Lipinski definition) is 3. The summed E-state index contributed by atoms with van der Waals surface area (Å²) >= 11 is 5.33. The molecule has 0 radical (unpaired) electrons. The maximum absolute atomic E-state index is 5.33. The Kier molecular flexibility index (Phi) is 7.30. The van der Waals surface area contributed by atoms with E-state index in [1.807, 2.05) is 18.2 Å². The fraction of sp³-hybridized carbons (Fsp3) is 0.250. The molecule has 126 valence electrons. The molecule has 24 heavy (non-hydrogen) atoms. The standard InChI is InChI=1S/C20H25N3S/c1-3-4-10-19-16(2)18(15-23-19)12-14-22-20(24)21-13-11-17-8-6-5-7-9-17/h3-10,15,23H,1,11-14H2,2H3,(H2,21,22,24)/b10-4-. The van der Waals surface area contributed by atoms with Crippen LogP contribution >= 0.6 is 12.2 Å². The molecule has 2 rings (SSSR count). The van der Waals surface area contributed by atoms with Gasteiger partial charge in [0, 0.05) is 25.0 Å². The van der Waals surface area contributed by atoms with Crippen LogP contribution in [0.5, 0.6) is 0 Å². The van der Waals surface area contributed by atoms with E-state index in [4.69, 9.17) is 12.2 Å². The molecule has 1 aromatic carbocycles. The lowest BCUT2D eigenvalue weighted by atomic mass is 10.1. The van der Waals surface area contributed by atoms with E-state index in [1.165, 1.54) is 16.7 Å². The maximum atomic E-state index is 5.33. The summed E-state index contributed by atoms with van der Waals surface area (Å²) in [6.07, 6.45) is 9.72. The molecule has 0 aliphatic carbocycles. The highest BCUT2D eigenvalue weighted by Crippen LogP contribution is 2.14. The summed E-state index contributed by atoms with van der Waals surface area (Å²) in [7, 11) is 0. The summed E-state index contributed by atoms with van der Waals surface area (Å²) in [5.41, 5.74) is 5.03. The van der Waals surface area contributed by atoms with Crippen molar-refractivity contribution in [3.63, 3.8) is 0 Å². The van der Waals surface area contributed by atoms with Crippen LogP contribution in [-0.2, 0) is 12.8 Å². The molecule has 0 fully saturated rings. The quantitative estimate of drug-likeness (QED) is 0.506. The van der Waals surface area contributed by atoms with Gasteiger partial charge >= 0.3 is 0 Å². The third-order valence-corrected chi connectivity index (χ3v) is 4.20. The number of H-pyrrole nitrogens is 1. The third-order valence-electron chi connectivity index (χ3n) is 3.91. The van der Waals surface area contributed by atoms with Crippen molar-refractivity contribution in [1.29, 1.82) is 0 Å². The van der Waals surface area contributed by atoms with Crippen molar-refractivity contribution < 1.29 is 0 Å². The van der Waals surface area contributed by atoms with E-state index in [0.29, 0.717) is 5.11 Å². The Morgan fingerprint density at radius 1 is 1.17 bits per heavy atom. The highest BCUT2D eigenvalue weighted by Gasteiger charge is 2.04. The van der Waals surface area contributed by atoms with Crippen LogP contribution in [-0.4, -0.2) is 23.2 Å². The molecular weight excluding hydrogens is 314 g/mol. The van der Waals surface area contributed by atoms with Crippen LogP contribution in [0.25, 0.3) is 6.08 Å². The first-order chi connectivity index (χ1) is 11.7. The Morgan fingerprint density at radius 3 is 2.58 bits per heavy atom. The minimum absolute atomic E-state index is 0.714. The van der Waals surface area contributed by atoms with Gasteiger partial charge in [0.25, 0.3) is 0 Å². The second-order valence-corrected chi connectivity index (χ2v) is 6.02. The van der Waals surface area contributed by atoms with E-state index >= 15 is 0 Å². The molecule has 0 unspecified atom stereocenters. The third kappa shape index (κ3) is 5.70. The van der Waals surface area contributed by atoms with Gasteiger partial charge in [-0.05, 0) is 54.7 Å². The SMILES string of the molecule is C=C/C=C\c1[nH]cc(CCNC(=S)NCCc2ccccc2)c1C. The molecule has 0 amide bonds. The predicted octanol–water partition coefficient (Wildman–Crippen LogP) is 3.77. The van der Waals surface area contributed by atoms with Crippen LogP contribution in [0.15, 0.2) is 55.3 Å². The summed E-state index contributed by atoms with van der Waals surface area (Å²) < 4.78 is 0. The molecular formula is C20H25N3S. The van der Waals surface area contributed by atoms with E-state index < -0.39 is 0 Å². The van der Waals surface area contributed by atoms with Crippen molar-refractivity contribution in [2.75, 3.05) is 13.1 Å². The Balaban J connectivity index is 1.68. The average molecular weight is 340 g/mol. The number of allylic oxidation sites excluding steroid dienone is 2. The zero-order valence-electron chi connectivity index (χ0n) is 14.1. The molecule has 4 heteroatoms. The predicted molar refractivity (Wildman–Crippen MR) is 107 cm³/mol. The summed E-state index contributed by atoms with van der Waals surface area (Å²) in [6, 6.07) is 10.4. The molecule has 0 spiro atoms. The zero-order valence-corrected chi connectivity index (χ0v) is 15.0. The van der Waals surface area contributed by atoms with Crippen LogP contribution in [0, 0.1) is 6.92 Å². The zero-order chi connectivity index (χ0) is 17.2. The lowest BCUT2D eigenvalue weighted by Gasteiger charge is -2.10. The number of aromatic nitrogens is 1. The first-order valence-electron chi connectivity index (χ1n) is 8.22. The molecule has 0 aliphatic rings. The number of benzene rings is 1. The Morgan fingerprint density at radius 2 is 1.88 bits per heavy atom. The van der Waals surface area contributed by atoms with Gasteiger partial charge in [-0.2, -0.15) is 0 Å². The van der Waals surface area contributed by atoms with Crippen molar-refractivity contribution in [2.45, 2.75) is 19.8 Å². The van der Waals surface area contributed by atoms with Gasteiger partial charge in [-0.25, -0.2) is 0 Å². The molecule has 1 aromatic heterocycles. The van der Waals surface area contributed by atoms with Crippen molar-refractivity contribution in [3.05, 3.63) is 77.6 Å². The number of thiocarbonyl (C=S) groups is 1. The summed E-state index contributed by atoms with van der Waals surface area (Å²) in [5, 5.41) is 7.24. The summed E-state index contributed by atoms with van der Waals surface area (Å²) in [4.78, 5) is 3.29. The Labute approximate surface area is 149 Å². The molecule has 0 saturated heterocycles. The number of rotatable bonds is 8. The molecule has 0 aliphatic heterocycles. The van der Waals surface area contributed by atoms with Crippen LogP contribution in [0.3, 0.4) is 0 Å². The molecule has 2 aromatic rings. The first-order valence-corrected chi connectivity index (χ1v) is 8.63. The highest BCUT2D eigenvalue weighted by molar-refractivity contribution is 7.80. The van der Waals surface area contributed by atoms with Gasteiger partial charge in [-0.3, -0.25) is 0 Å². The summed E-state index contributed by atoms with van der Waals surface area (Å²) in [5.74, 6) is 0. The van der Waals surface area contributed by atoms with Gasteiger partial charge in [-0.1, -0.05) is 49.1 Å². The van der Waals surface area contributed by atoms with Gasteiger partial charge in [0.1, 0.15) is 0 Å². The molecule has 0 saturated carbocycles. The van der Waals surface area contributed by atoms with Gasteiger partial charge in [0.05, 0.1) is 0 Å². The Hall–Kier alpha value is -2.33. The topological polar surface area (TPSA) is 39.9 Å². The average Bonchev–Trinajstić information content (AvgIpc) is 2.94. The smallest absolute Gasteiger partial charge is 0.166 e.